The summed E-state index contributed by atoms with van der Waals surface area (Å²) >= 11 is 11.7. The molecule has 0 saturated heterocycles. The van der Waals surface area contributed by atoms with Gasteiger partial charge < -0.3 is 4.74 Å². The molecular weight excluding hydrogens is 371 g/mol. The molecule has 0 saturated carbocycles. The Kier molecular flexibility index (Phi) is 5.98. The van der Waals surface area contributed by atoms with E-state index >= 15 is 0 Å². The van der Waals surface area contributed by atoms with Gasteiger partial charge >= 0.3 is 0 Å². The number of ether oxygens (including phenoxy) is 1. The van der Waals surface area contributed by atoms with Gasteiger partial charge in [-0.1, -0.05) is 23.2 Å². The van der Waals surface area contributed by atoms with Crippen molar-refractivity contribution in [3.8, 4) is 5.75 Å². The number of rotatable bonds is 6. The third-order valence-electron chi connectivity index (χ3n) is 2.16. The minimum absolute atomic E-state index is 0.0175. The molecular formula is C10H11Cl3O5S2. The van der Waals surface area contributed by atoms with Gasteiger partial charge in [-0.3, -0.25) is 0 Å². The second-order valence-corrected chi connectivity index (χ2v) is 9.63. The third-order valence-corrected chi connectivity index (χ3v) is 5.08. The summed E-state index contributed by atoms with van der Waals surface area (Å²) in [4.78, 5) is -0.238. The second kappa shape index (κ2) is 6.70. The summed E-state index contributed by atoms with van der Waals surface area (Å²) in [7, 11) is -1.83. The van der Waals surface area contributed by atoms with Crippen molar-refractivity contribution in [3.05, 3.63) is 22.2 Å². The number of hydrogen-bond donors (Lipinski definition) is 0. The molecule has 0 amide bonds. The van der Waals surface area contributed by atoms with Crippen LogP contribution in [-0.4, -0.2) is 35.5 Å². The summed E-state index contributed by atoms with van der Waals surface area (Å²) in [5, 5.41) is -0.0350. The molecule has 0 radical (unpaired) electrons. The van der Waals surface area contributed by atoms with Crippen LogP contribution in [0.2, 0.25) is 10.0 Å². The fourth-order valence-electron chi connectivity index (χ4n) is 1.31. The molecule has 0 aliphatic rings. The highest BCUT2D eigenvalue weighted by Gasteiger charge is 2.17. The first-order chi connectivity index (χ1) is 9.00. The molecule has 114 valence electrons. The number of halogens is 3. The maximum Gasteiger partial charge on any atom is 0.261 e. The Labute approximate surface area is 132 Å². The molecule has 0 spiro atoms. The smallest absolute Gasteiger partial charge is 0.261 e. The van der Waals surface area contributed by atoms with E-state index in [9.17, 15) is 16.8 Å². The van der Waals surface area contributed by atoms with Gasteiger partial charge in [-0.15, -0.1) is 0 Å². The monoisotopic (exact) mass is 380 g/mol. The zero-order valence-corrected chi connectivity index (χ0v) is 14.2. The van der Waals surface area contributed by atoms with Crippen molar-refractivity contribution in [3.63, 3.8) is 0 Å². The van der Waals surface area contributed by atoms with Gasteiger partial charge in [-0.05, 0) is 18.6 Å². The van der Waals surface area contributed by atoms with Gasteiger partial charge in [0, 0.05) is 16.9 Å². The van der Waals surface area contributed by atoms with E-state index < -0.39 is 18.9 Å². The van der Waals surface area contributed by atoms with E-state index in [-0.39, 0.29) is 39.5 Å². The van der Waals surface area contributed by atoms with E-state index in [0.29, 0.717) is 0 Å². The van der Waals surface area contributed by atoms with Crippen molar-refractivity contribution in [1.82, 2.24) is 0 Å². The van der Waals surface area contributed by atoms with E-state index in [4.69, 9.17) is 38.6 Å². The SMILES string of the molecule is CS(=O)(=O)CCCOc1c(Cl)cc(S(=O)(=O)Cl)cc1Cl. The predicted octanol–water partition coefficient (Wildman–Crippen LogP) is 2.73. The van der Waals surface area contributed by atoms with Crippen LogP contribution in [0.25, 0.3) is 0 Å². The normalized spacial score (nSPS) is 12.4. The first-order valence-electron chi connectivity index (χ1n) is 5.25. The van der Waals surface area contributed by atoms with Crippen LogP contribution in [-0.2, 0) is 18.9 Å². The molecule has 0 fully saturated rings. The number of benzene rings is 1. The van der Waals surface area contributed by atoms with E-state index in [1.807, 2.05) is 0 Å². The molecule has 0 heterocycles. The van der Waals surface area contributed by atoms with Crippen molar-refractivity contribution in [2.45, 2.75) is 11.3 Å². The highest BCUT2D eigenvalue weighted by Crippen LogP contribution is 2.36. The van der Waals surface area contributed by atoms with Crippen LogP contribution in [0, 0.1) is 0 Å². The Morgan fingerprint density at radius 1 is 1.10 bits per heavy atom. The lowest BCUT2D eigenvalue weighted by molar-refractivity contribution is 0.318. The van der Waals surface area contributed by atoms with Gasteiger partial charge in [0.15, 0.2) is 5.75 Å². The number of hydrogen-bond acceptors (Lipinski definition) is 5. The predicted molar refractivity (Wildman–Crippen MR) is 79.3 cm³/mol. The van der Waals surface area contributed by atoms with Crippen molar-refractivity contribution in [2.75, 3.05) is 18.6 Å². The lowest BCUT2D eigenvalue weighted by Gasteiger charge is -2.10. The average molecular weight is 382 g/mol. The largest absolute Gasteiger partial charge is 0.490 e. The van der Waals surface area contributed by atoms with Gasteiger partial charge in [0.2, 0.25) is 0 Å². The highest BCUT2D eigenvalue weighted by molar-refractivity contribution is 8.13. The van der Waals surface area contributed by atoms with Crippen molar-refractivity contribution in [1.29, 1.82) is 0 Å². The van der Waals surface area contributed by atoms with Gasteiger partial charge in [0.05, 0.1) is 27.3 Å². The first-order valence-corrected chi connectivity index (χ1v) is 10.4. The van der Waals surface area contributed by atoms with Crippen LogP contribution in [0.3, 0.4) is 0 Å². The molecule has 1 aromatic rings. The minimum atomic E-state index is -3.94. The van der Waals surface area contributed by atoms with E-state index in [1.54, 1.807) is 0 Å². The summed E-state index contributed by atoms with van der Waals surface area (Å²) in [5.41, 5.74) is 0. The van der Waals surface area contributed by atoms with E-state index in [0.717, 1.165) is 18.4 Å². The summed E-state index contributed by atoms with van der Waals surface area (Å²) in [6.07, 6.45) is 1.38. The Morgan fingerprint density at radius 3 is 2.00 bits per heavy atom. The summed E-state index contributed by atoms with van der Waals surface area (Å²) in [6.45, 7) is 0.0828. The maximum atomic E-state index is 11.2. The molecule has 5 nitrogen and oxygen atoms in total. The zero-order valence-electron chi connectivity index (χ0n) is 10.3. The average Bonchev–Trinajstić information content (AvgIpc) is 2.23. The Bertz CT molecular complexity index is 675. The van der Waals surface area contributed by atoms with E-state index in [2.05, 4.69) is 0 Å². The minimum Gasteiger partial charge on any atom is -0.490 e. The molecule has 0 N–H and O–H groups in total. The molecule has 20 heavy (non-hydrogen) atoms. The van der Waals surface area contributed by atoms with Gasteiger partial charge in [-0.2, -0.15) is 0 Å². The fraction of sp³-hybridized carbons (Fsp3) is 0.400. The topological polar surface area (TPSA) is 77.5 Å². The summed E-state index contributed by atoms with van der Waals surface area (Å²) < 4.78 is 49.5. The Hall–Kier alpha value is -0.210. The van der Waals surface area contributed by atoms with Crippen molar-refractivity contribution in [2.24, 2.45) is 0 Å². The van der Waals surface area contributed by atoms with Crippen LogP contribution in [0.5, 0.6) is 5.75 Å². The molecule has 1 aromatic carbocycles. The second-order valence-electron chi connectivity index (χ2n) is 3.99. The van der Waals surface area contributed by atoms with Crippen molar-refractivity contribution < 1.29 is 21.6 Å². The lowest BCUT2D eigenvalue weighted by Crippen LogP contribution is -2.08. The van der Waals surface area contributed by atoms with Crippen LogP contribution in [0.15, 0.2) is 17.0 Å². The quantitative estimate of drug-likeness (QED) is 0.559. The third kappa shape index (κ3) is 5.65. The Balaban J connectivity index is 2.83. The zero-order chi connectivity index (χ0) is 15.6. The van der Waals surface area contributed by atoms with Crippen LogP contribution in [0.1, 0.15) is 6.42 Å². The van der Waals surface area contributed by atoms with Gasteiger partial charge in [0.1, 0.15) is 9.84 Å². The van der Waals surface area contributed by atoms with Gasteiger partial charge in [-0.25, -0.2) is 16.8 Å². The van der Waals surface area contributed by atoms with Crippen LogP contribution < -0.4 is 4.74 Å². The van der Waals surface area contributed by atoms with Crippen LogP contribution >= 0.6 is 33.9 Å². The molecule has 0 aliphatic heterocycles. The highest BCUT2D eigenvalue weighted by atomic mass is 35.7. The molecule has 1 rings (SSSR count). The molecule has 10 heteroatoms. The first kappa shape index (κ1) is 17.8. The fourth-order valence-corrected chi connectivity index (χ4v) is 3.46. The van der Waals surface area contributed by atoms with Gasteiger partial charge in [0.25, 0.3) is 9.05 Å². The maximum absolute atomic E-state index is 11.2. The lowest BCUT2D eigenvalue weighted by atomic mass is 10.3. The number of sulfone groups is 1. The summed E-state index contributed by atoms with van der Waals surface area (Å²) in [6, 6.07) is 2.23. The standard InChI is InChI=1S/C10H11Cl3O5S2/c1-19(14,15)4-2-3-18-10-8(11)5-7(6-9(10)12)20(13,16)17/h5-6H,2-4H2,1H3. The summed E-state index contributed by atoms with van der Waals surface area (Å²) in [5.74, 6) is 0.0574. The van der Waals surface area contributed by atoms with Crippen LogP contribution in [0.4, 0.5) is 0 Å². The Morgan fingerprint density at radius 2 is 1.60 bits per heavy atom. The molecule has 0 unspecified atom stereocenters. The molecule has 0 aliphatic carbocycles. The molecule has 0 bridgehead atoms. The molecule has 0 aromatic heterocycles. The van der Waals surface area contributed by atoms with Crippen molar-refractivity contribution >= 4 is 52.8 Å². The van der Waals surface area contributed by atoms with E-state index in [1.165, 1.54) is 0 Å². The molecule has 0 atom stereocenters.